The average Bonchev–Trinajstić information content (AvgIpc) is 3.04. The Kier molecular flexibility index (Phi) is 3.87. The minimum absolute atomic E-state index is 0.0989. The van der Waals surface area contributed by atoms with Crippen molar-refractivity contribution in [3.8, 4) is 5.75 Å². The summed E-state index contributed by atoms with van der Waals surface area (Å²) < 4.78 is 42.9. The number of amides is 2. The fraction of sp³-hybridized carbons (Fsp3) is 0.278. The number of carbonyl (C=O) groups is 1. The number of halogens is 1. The lowest BCUT2D eigenvalue weighted by Gasteiger charge is -2.23. The third-order valence-electron chi connectivity index (χ3n) is 4.81. The summed E-state index contributed by atoms with van der Waals surface area (Å²) in [5.74, 6) is -0.0480. The van der Waals surface area contributed by atoms with E-state index in [0.29, 0.717) is 17.1 Å². The van der Waals surface area contributed by atoms with Crippen LogP contribution in [-0.2, 0) is 9.84 Å². The summed E-state index contributed by atoms with van der Waals surface area (Å²) in [6, 6.07) is 11.1. The van der Waals surface area contributed by atoms with Crippen molar-refractivity contribution < 1.29 is 22.3 Å². The Bertz CT molecular complexity index is 961. The van der Waals surface area contributed by atoms with Gasteiger partial charge in [-0.25, -0.2) is 17.6 Å². The largest absolute Gasteiger partial charge is 0.497 e. The number of ether oxygens (including phenoxy) is 1. The Hall–Kier alpha value is -2.61. The maximum atomic E-state index is 13.3. The van der Waals surface area contributed by atoms with Gasteiger partial charge in [-0.05, 0) is 36.4 Å². The second-order valence-corrected chi connectivity index (χ2v) is 8.57. The van der Waals surface area contributed by atoms with Crippen molar-refractivity contribution in [1.29, 1.82) is 0 Å². The van der Waals surface area contributed by atoms with Gasteiger partial charge in [0, 0.05) is 17.4 Å². The number of fused-ring (bicyclic) bond motifs is 1. The van der Waals surface area contributed by atoms with Crippen LogP contribution in [0.2, 0.25) is 0 Å². The van der Waals surface area contributed by atoms with Gasteiger partial charge in [-0.3, -0.25) is 9.80 Å². The van der Waals surface area contributed by atoms with Crippen molar-refractivity contribution in [1.82, 2.24) is 0 Å². The highest BCUT2D eigenvalue weighted by Gasteiger charge is 2.54. The van der Waals surface area contributed by atoms with Gasteiger partial charge in [-0.15, -0.1) is 0 Å². The van der Waals surface area contributed by atoms with Crippen molar-refractivity contribution in [3.63, 3.8) is 0 Å². The molecule has 0 aliphatic carbocycles. The highest BCUT2D eigenvalue weighted by atomic mass is 32.2. The molecule has 4 rings (SSSR count). The minimum atomic E-state index is -3.28. The van der Waals surface area contributed by atoms with E-state index in [2.05, 4.69) is 0 Å². The zero-order chi connectivity index (χ0) is 18.5. The molecule has 2 aromatic rings. The maximum Gasteiger partial charge on any atom is 0.329 e. The van der Waals surface area contributed by atoms with Crippen molar-refractivity contribution in [2.24, 2.45) is 0 Å². The summed E-state index contributed by atoms with van der Waals surface area (Å²) in [5, 5.41) is 0. The number of sulfone groups is 1. The molecule has 0 bridgehead atoms. The number of anilines is 2. The standard InChI is InChI=1S/C18H17FN2O4S/c1-25-15-4-2-3-14(9-15)21-17-11-26(23,24)10-16(17)20(18(21)22)13-7-5-12(19)6-8-13/h2-9,16-17H,10-11H2,1H3/t16-,17+/m0/s1. The van der Waals surface area contributed by atoms with Gasteiger partial charge in [-0.2, -0.15) is 0 Å². The van der Waals surface area contributed by atoms with Gasteiger partial charge in [0.05, 0.1) is 30.7 Å². The molecule has 0 spiro atoms. The summed E-state index contributed by atoms with van der Waals surface area (Å²) in [4.78, 5) is 16.1. The van der Waals surface area contributed by atoms with Gasteiger partial charge >= 0.3 is 6.03 Å². The Morgan fingerprint density at radius 3 is 2.23 bits per heavy atom. The molecule has 2 aliphatic heterocycles. The first kappa shape index (κ1) is 16.8. The molecule has 2 fully saturated rings. The molecule has 8 heteroatoms. The summed E-state index contributed by atoms with van der Waals surface area (Å²) >= 11 is 0. The zero-order valence-electron chi connectivity index (χ0n) is 14.0. The molecule has 0 aromatic heterocycles. The summed E-state index contributed by atoms with van der Waals surface area (Å²) in [5.41, 5.74) is 1.06. The van der Waals surface area contributed by atoms with E-state index in [0.717, 1.165) is 0 Å². The SMILES string of the molecule is COc1cccc(N2C(=O)N(c3ccc(F)cc3)[C@H]3CS(=O)(=O)C[C@H]32)c1. The van der Waals surface area contributed by atoms with E-state index in [1.165, 1.54) is 41.2 Å². The Labute approximate surface area is 150 Å². The smallest absolute Gasteiger partial charge is 0.329 e. The Morgan fingerprint density at radius 2 is 1.62 bits per heavy atom. The molecule has 0 saturated carbocycles. The Balaban J connectivity index is 1.80. The first-order valence-electron chi connectivity index (χ1n) is 8.12. The molecule has 6 nitrogen and oxygen atoms in total. The minimum Gasteiger partial charge on any atom is -0.497 e. The fourth-order valence-electron chi connectivity index (χ4n) is 3.67. The molecule has 2 aromatic carbocycles. The summed E-state index contributed by atoms with van der Waals surface area (Å²) in [6.07, 6.45) is 0. The molecule has 0 unspecified atom stereocenters. The summed E-state index contributed by atoms with van der Waals surface area (Å²) in [6.45, 7) is 0. The topological polar surface area (TPSA) is 66.9 Å². The molecule has 26 heavy (non-hydrogen) atoms. The fourth-order valence-corrected chi connectivity index (χ4v) is 5.59. The number of benzene rings is 2. The van der Waals surface area contributed by atoms with E-state index in [4.69, 9.17) is 4.74 Å². The lowest BCUT2D eigenvalue weighted by atomic mass is 10.1. The molecule has 0 N–H and O–H groups in total. The molecule has 136 valence electrons. The van der Waals surface area contributed by atoms with Crippen LogP contribution in [0.1, 0.15) is 0 Å². The van der Waals surface area contributed by atoms with Crippen molar-refractivity contribution in [2.45, 2.75) is 12.1 Å². The lowest BCUT2D eigenvalue weighted by molar-refractivity contribution is 0.255. The van der Waals surface area contributed by atoms with Crippen LogP contribution in [-0.4, -0.2) is 45.1 Å². The predicted octanol–water partition coefficient (Wildman–Crippen LogP) is 2.45. The third-order valence-corrected chi connectivity index (χ3v) is 6.50. The second kappa shape index (κ2) is 5.98. The van der Waals surface area contributed by atoms with Crippen LogP contribution in [0, 0.1) is 5.82 Å². The van der Waals surface area contributed by atoms with Crippen LogP contribution in [0.25, 0.3) is 0 Å². The zero-order valence-corrected chi connectivity index (χ0v) is 14.8. The van der Waals surface area contributed by atoms with Gasteiger partial charge in [0.15, 0.2) is 9.84 Å². The van der Waals surface area contributed by atoms with Gasteiger partial charge in [0.1, 0.15) is 11.6 Å². The molecule has 2 atom stereocenters. The average molecular weight is 376 g/mol. The first-order valence-corrected chi connectivity index (χ1v) is 9.94. The molecule has 2 aliphatic rings. The van der Waals surface area contributed by atoms with Crippen LogP contribution < -0.4 is 14.5 Å². The second-order valence-electron chi connectivity index (χ2n) is 6.41. The molecule has 2 saturated heterocycles. The third kappa shape index (κ3) is 2.70. The van der Waals surface area contributed by atoms with Crippen molar-refractivity contribution >= 4 is 27.2 Å². The highest BCUT2D eigenvalue weighted by Crippen LogP contribution is 2.38. The number of urea groups is 1. The van der Waals surface area contributed by atoms with Crippen molar-refractivity contribution in [2.75, 3.05) is 28.4 Å². The van der Waals surface area contributed by atoms with E-state index in [-0.39, 0.29) is 17.5 Å². The van der Waals surface area contributed by atoms with Gasteiger partial charge in [0.25, 0.3) is 0 Å². The Morgan fingerprint density at radius 1 is 1.00 bits per heavy atom. The highest BCUT2D eigenvalue weighted by molar-refractivity contribution is 7.91. The molecule has 0 radical (unpaired) electrons. The number of hydrogen-bond donors (Lipinski definition) is 0. The van der Waals surface area contributed by atoms with Crippen LogP contribution in [0.5, 0.6) is 5.75 Å². The van der Waals surface area contributed by atoms with Gasteiger partial charge in [0.2, 0.25) is 0 Å². The lowest BCUT2D eigenvalue weighted by Crippen LogP contribution is -2.37. The number of hydrogen-bond acceptors (Lipinski definition) is 4. The number of carbonyl (C=O) groups excluding carboxylic acids is 1. The van der Waals surface area contributed by atoms with Crippen LogP contribution in [0.15, 0.2) is 48.5 Å². The van der Waals surface area contributed by atoms with Crippen LogP contribution in [0.4, 0.5) is 20.6 Å². The van der Waals surface area contributed by atoms with E-state index >= 15 is 0 Å². The van der Waals surface area contributed by atoms with E-state index in [1.54, 1.807) is 24.3 Å². The first-order chi connectivity index (χ1) is 12.4. The van der Waals surface area contributed by atoms with Crippen LogP contribution >= 0.6 is 0 Å². The number of rotatable bonds is 3. The van der Waals surface area contributed by atoms with Gasteiger partial charge in [-0.1, -0.05) is 6.07 Å². The van der Waals surface area contributed by atoms with Crippen molar-refractivity contribution in [3.05, 3.63) is 54.3 Å². The molecule has 2 heterocycles. The van der Waals surface area contributed by atoms with Gasteiger partial charge < -0.3 is 4.74 Å². The summed E-state index contributed by atoms with van der Waals surface area (Å²) in [7, 11) is -1.75. The maximum absolute atomic E-state index is 13.3. The quantitative estimate of drug-likeness (QED) is 0.772. The molecular formula is C18H17FN2O4S. The normalized spacial score (nSPS) is 24.0. The molecular weight excluding hydrogens is 359 g/mol. The monoisotopic (exact) mass is 376 g/mol. The van der Waals surface area contributed by atoms with Crippen LogP contribution in [0.3, 0.4) is 0 Å². The number of methoxy groups -OCH3 is 1. The molecule has 2 amide bonds. The van der Waals surface area contributed by atoms with E-state index in [1.807, 2.05) is 0 Å². The van der Waals surface area contributed by atoms with E-state index in [9.17, 15) is 17.6 Å². The predicted molar refractivity (Wildman–Crippen MR) is 96.0 cm³/mol. The number of nitrogens with zero attached hydrogens (tertiary/aromatic N) is 2. The van der Waals surface area contributed by atoms with E-state index < -0.39 is 27.7 Å².